The lowest BCUT2D eigenvalue weighted by Crippen LogP contribution is -2.31. The maximum absolute atomic E-state index is 13.2. The van der Waals surface area contributed by atoms with Crippen molar-refractivity contribution in [3.05, 3.63) is 64.7 Å². The van der Waals surface area contributed by atoms with Crippen molar-refractivity contribution < 1.29 is 28.9 Å². The van der Waals surface area contributed by atoms with Gasteiger partial charge in [0.15, 0.2) is 0 Å². The van der Waals surface area contributed by atoms with Crippen molar-refractivity contribution in [1.29, 1.82) is 0 Å². The van der Waals surface area contributed by atoms with Crippen LogP contribution < -0.4 is 9.47 Å². The number of ketones is 1. The lowest BCUT2D eigenvalue weighted by Gasteiger charge is -2.25. The number of benzene rings is 2. The molecule has 35 heavy (non-hydrogen) atoms. The quantitative estimate of drug-likeness (QED) is 0.210. The predicted octanol–water partition coefficient (Wildman–Crippen LogP) is 5.03. The molecule has 188 valence electrons. The van der Waals surface area contributed by atoms with Crippen LogP contribution in [-0.4, -0.2) is 54.7 Å². The van der Waals surface area contributed by atoms with Crippen LogP contribution >= 0.6 is 0 Å². The molecule has 0 saturated carbocycles. The molecule has 7 nitrogen and oxygen atoms in total. The summed E-state index contributed by atoms with van der Waals surface area (Å²) >= 11 is 0. The molecule has 0 aliphatic carbocycles. The zero-order valence-electron chi connectivity index (χ0n) is 21.2. The Labute approximate surface area is 207 Å². The number of aliphatic hydroxyl groups is 1. The molecule has 1 saturated heterocycles. The van der Waals surface area contributed by atoms with Gasteiger partial charge in [-0.25, -0.2) is 0 Å². The first-order valence-electron chi connectivity index (χ1n) is 12.1. The monoisotopic (exact) mass is 481 g/mol. The molecule has 1 fully saturated rings. The molecule has 0 bridgehead atoms. The molecule has 0 spiro atoms. The number of ether oxygens (including phenoxy) is 3. The van der Waals surface area contributed by atoms with E-state index in [1.54, 1.807) is 25.3 Å². The normalized spacial score (nSPS) is 17.3. The summed E-state index contributed by atoms with van der Waals surface area (Å²) in [5.41, 5.74) is 2.09. The van der Waals surface area contributed by atoms with Crippen molar-refractivity contribution in [3.63, 3.8) is 0 Å². The number of nitrogens with zero attached hydrogens (tertiary/aromatic N) is 1. The van der Waals surface area contributed by atoms with E-state index in [-0.39, 0.29) is 17.4 Å². The third kappa shape index (κ3) is 6.03. The first-order valence-corrected chi connectivity index (χ1v) is 12.1. The highest BCUT2D eigenvalue weighted by Gasteiger charge is 2.45. The zero-order valence-corrected chi connectivity index (χ0v) is 21.2. The standard InChI is InChI=1S/C28H35NO6/c1-6-15-34-22-11-8-20(9-12-22)25-24(27(31)28(32)29(25)14-7-16-33-5)26(30)21-10-13-23(19(4)17-21)35-18(2)3/h8-13,17-18,25,30H,6-7,14-16H2,1-5H3/b26-24-. The van der Waals surface area contributed by atoms with E-state index in [1.807, 2.05) is 52.0 Å². The van der Waals surface area contributed by atoms with Crippen LogP contribution in [0.4, 0.5) is 0 Å². The Bertz CT molecular complexity index is 1070. The molecule has 7 heteroatoms. The summed E-state index contributed by atoms with van der Waals surface area (Å²) in [5, 5.41) is 11.3. The summed E-state index contributed by atoms with van der Waals surface area (Å²) in [5.74, 6) is -0.112. The molecule has 1 atom stereocenters. The minimum Gasteiger partial charge on any atom is -0.507 e. The van der Waals surface area contributed by atoms with Crippen LogP contribution in [0.1, 0.15) is 56.3 Å². The van der Waals surface area contributed by atoms with Gasteiger partial charge in [0, 0.05) is 25.8 Å². The minimum atomic E-state index is -0.709. The fraction of sp³-hybridized carbons (Fsp3) is 0.429. The highest BCUT2D eigenvalue weighted by atomic mass is 16.5. The van der Waals surface area contributed by atoms with Crippen LogP contribution in [0, 0.1) is 6.92 Å². The maximum atomic E-state index is 13.2. The van der Waals surface area contributed by atoms with E-state index in [4.69, 9.17) is 14.2 Å². The van der Waals surface area contributed by atoms with Crippen molar-refractivity contribution in [2.75, 3.05) is 26.9 Å². The first kappa shape index (κ1) is 26.3. The number of likely N-dealkylation sites (tertiary alicyclic amines) is 1. The average molecular weight is 482 g/mol. The van der Waals surface area contributed by atoms with Crippen molar-refractivity contribution in [3.8, 4) is 11.5 Å². The molecule has 2 aromatic rings. The van der Waals surface area contributed by atoms with Crippen molar-refractivity contribution in [1.82, 2.24) is 4.90 Å². The van der Waals surface area contributed by atoms with Gasteiger partial charge in [-0.15, -0.1) is 0 Å². The van der Waals surface area contributed by atoms with Gasteiger partial charge in [-0.2, -0.15) is 0 Å². The van der Waals surface area contributed by atoms with Crippen molar-refractivity contribution in [2.24, 2.45) is 0 Å². The van der Waals surface area contributed by atoms with Crippen molar-refractivity contribution in [2.45, 2.75) is 52.7 Å². The molecule has 0 radical (unpaired) electrons. The molecular weight excluding hydrogens is 446 g/mol. The number of hydrogen-bond donors (Lipinski definition) is 1. The van der Waals surface area contributed by atoms with Gasteiger partial charge in [-0.05, 0) is 75.1 Å². The van der Waals surface area contributed by atoms with Crippen LogP contribution in [0.25, 0.3) is 5.76 Å². The van der Waals surface area contributed by atoms with Gasteiger partial charge in [-0.3, -0.25) is 9.59 Å². The number of Topliss-reactive ketones (excluding diaryl/α,β-unsaturated/α-hetero) is 1. The van der Waals surface area contributed by atoms with Gasteiger partial charge >= 0.3 is 0 Å². The molecule has 1 aliphatic rings. The molecule has 1 unspecified atom stereocenters. The van der Waals surface area contributed by atoms with Crippen molar-refractivity contribution >= 4 is 17.4 Å². The Morgan fingerprint density at radius 3 is 2.40 bits per heavy atom. The van der Waals surface area contributed by atoms with Crippen LogP contribution in [0.2, 0.25) is 0 Å². The molecule has 2 aromatic carbocycles. The lowest BCUT2D eigenvalue weighted by atomic mass is 9.94. The van der Waals surface area contributed by atoms with Crippen LogP contribution in [0.5, 0.6) is 11.5 Å². The highest BCUT2D eigenvalue weighted by Crippen LogP contribution is 2.40. The number of rotatable bonds is 11. The summed E-state index contributed by atoms with van der Waals surface area (Å²) in [6, 6.07) is 11.9. The van der Waals surface area contributed by atoms with Crippen LogP contribution in [0.15, 0.2) is 48.0 Å². The number of carbonyl (C=O) groups excluding carboxylic acids is 2. The van der Waals surface area contributed by atoms with E-state index in [0.29, 0.717) is 43.2 Å². The predicted molar refractivity (Wildman–Crippen MR) is 135 cm³/mol. The Kier molecular flexibility index (Phi) is 8.93. The van der Waals surface area contributed by atoms with E-state index < -0.39 is 17.7 Å². The fourth-order valence-corrected chi connectivity index (χ4v) is 4.14. The van der Waals surface area contributed by atoms with E-state index in [9.17, 15) is 14.7 Å². The van der Waals surface area contributed by atoms with Crippen LogP contribution in [0.3, 0.4) is 0 Å². The zero-order chi connectivity index (χ0) is 25.5. The van der Waals surface area contributed by atoms with Gasteiger partial charge in [0.1, 0.15) is 17.3 Å². The molecule has 3 rings (SSSR count). The van der Waals surface area contributed by atoms with Gasteiger partial charge < -0.3 is 24.2 Å². The lowest BCUT2D eigenvalue weighted by molar-refractivity contribution is -0.140. The molecule has 1 amide bonds. The van der Waals surface area contributed by atoms with Gasteiger partial charge in [0.25, 0.3) is 11.7 Å². The Morgan fingerprint density at radius 1 is 1.09 bits per heavy atom. The summed E-state index contributed by atoms with van der Waals surface area (Å²) < 4.78 is 16.6. The Morgan fingerprint density at radius 2 is 1.80 bits per heavy atom. The number of aliphatic hydroxyl groups excluding tert-OH is 1. The summed E-state index contributed by atoms with van der Waals surface area (Å²) in [6.07, 6.45) is 1.47. The van der Waals surface area contributed by atoms with E-state index in [1.165, 1.54) is 4.90 Å². The number of amides is 1. The van der Waals surface area contributed by atoms with E-state index in [0.717, 1.165) is 17.5 Å². The van der Waals surface area contributed by atoms with E-state index in [2.05, 4.69) is 0 Å². The Balaban J connectivity index is 2.05. The maximum Gasteiger partial charge on any atom is 0.295 e. The van der Waals surface area contributed by atoms with Gasteiger partial charge in [-0.1, -0.05) is 19.1 Å². The third-order valence-electron chi connectivity index (χ3n) is 5.77. The number of methoxy groups -OCH3 is 1. The second-order valence-electron chi connectivity index (χ2n) is 8.90. The molecule has 1 aliphatic heterocycles. The molecule has 1 heterocycles. The summed E-state index contributed by atoms with van der Waals surface area (Å²) in [7, 11) is 1.59. The number of aryl methyl sites for hydroxylation is 1. The number of hydrogen-bond acceptors (Lipinski definition) is 6. The molecule has 1 N–H and O–H groups in total. The first-order chi connectivity index (χ1) is 16.8. The van der Waals surface area contributed by atoms with Crippen LogP contribution in [-0.2, 0) is 14.3 Å². The minimum absolute atomic E-state index is 0.00912. The summed E-state index contributed by atoms with van der Waals surface area (Å²) in [4.78, 5) is 27.7. The summed E-state index contributed by atoms with van der Waals surface area (Å²) in [6.45, 7) is 9.18. The van der Waals surface area contributed by atoms with Gasteiger partial charge in [0.2, 0.25) is 0 Å². The van der Waals surface area contributed by atoms with Gasteiger partial charge in [0.05, 0.1) is 24.3 Å². The largest absolute Gasteiger partial charge is 0.507 e. The second kappa shape index (κ2) is 11.9. The number of carbonyl (C=O) groups is 2. The third-order valence-corrected chi connectivity index (χ3v) is 5.77. The van der Waals surface area contributed by atoms with E-state index >= 15 is 0 Å². The average Bonchev–Trinajstić information content (AvgIpc) is 3.09. The molecular formula is C28H35NO6. The smallest absolute Gasteiger partial charge is 0.295 e. The fourth-order valence-electron chi connectivity index (χ4n) is 4.14. The molecule has 0 aromatic heterocycles. The second-order valence-corrected chi connectivity index (χ2v) is 8.90. The highest BCUT2D eigenvalue weighted by molar-refractivity contribution is 6.46. The SMILES string of the molecule is CCCOc1ccc(C2/C(=C(/O)c3ccc(OC(C)C)c(C)c3)C(=O)C(=O)N2CCCOC)cc1. The Hall–Kier alpha value is -3.32. The topological polar surface area (TPSA) is 85.3 Å².